The van der Waals surface area contributed by atoms with Crippen LogP contribution in [0.2, 0.25) is 0 Å². The Balaban J connectivity index is 1.38. The third-order valence-electron chi connectivity index (χ3n) is 7.41. The molecule has 0 radical (unpaired) electrons. The van der Waals surface area contributed by atoms with Gasteiger partial charge in [-0.15, -0.1) is 0 Å². The normalized spacial score (nSPS) is 18.1. The molecule has 1 unspecified atom stereocenters. The maximum Gasteiger partial charge on any atom is 0.264 e. The number of nitrogens with zero attached hydrogens (tertiary/aromatic N) is 6. The molecule has 2 aromatic heterocycles. The molecule has 10 heteroatoms. The minimum atomic E-state index is -0.120. The zero-order valence-electron chi connectivity index (χ0n) is 21.6. The summed E-state index contributed by atoms with van der Waals surface area (Å²) in [5.41, 5.74) is 3.33. The second-order valence-corrected chi connectivity index (χ2v) is 9.86. The molecule has 0 spiro atoms. The van der Waals surface area contributed by atoms with Crippen molar-refractivity contribution in [2.24, 2.45) is 13.0 Å². The van der Waals surface area contributed by atoms with Gasteiger partial charge in [0.15, 0.2) is 0 Å². The highest BCUT2D eigenvalue weighted by Gasteiger charge is 2.26. The fourth-order valence-corrected chi connectivity index (χ4v) is 5.15. The Morgan fingerprint density at radius 3 is 2.54 bits per heavy atom. The predicted octanol–water partition coefficient (Wildman–Crippen LogP) is 1.07. The Labute approximate surface area is 216 Å². The van der Waals surface area contributed by atoms with Gasteiger partial charge >= 0.3 is 0 Å². The number of pyridine rings is 1. The van der Waals surface area contributed by atoms with Crippen molar-refractivity contribution >= 4 is 28.3 Å². The molecule has 2 aliphatic rings. The molecular formula is C27H35N7O3. The van der Waals surface area contributed by atoms with Crippen LogP contribution < -0.4 is 20.7 Å². The summed E-state index contributed by atoms with van der Waals surface area (Å²) in [4.78, 5) is 41.1. The molecule has 5 rings (SSSR count). The van der Waals surface area contributed by atoms with E-state index in [4.69, 9.17) is 4.98 Å². The van der Waals surface area contributed by atoms with Crippen molar-refractivity contribution in [2.45, 2.75) is 13.3 Å². The monoisotopic (exact) mass is 505 g/mol. The van der Waals surface area contributed by atoms with Crippen molar-refractivity contribution in [3.63, 3.8) is 0 Å². The van der Waals surface area contributed by atoms with Crippen LogP contribution in [-0.2, 0) is 11.8 Å². The molecule has 3 aromatic rings. The molecule has 0 aliphatic carbocycles. The van der Waals surface area contributed by atoms with Crippen LogP contribution in [0, 0.1) is 5.92 Å². The van der Waals surface area contributed by atoms with Crippen molar-refractivity contribution < 1.29 is 9.90 Å². The molecule has 2 fully saturated rings. The van der Waals surface area contributed by atoms with Crippen molar-refractivity contribution in [1.82, 2.24) is 24.8 Å². The van der Waals surface area contributed by atoms with E-state index < -0.39 is 0 Å². The highest BCUT2D eigenvalue weighted by atomic mass is 16.3. The molecule has 0 bridgehead atoms. The van der Waals surface area contributed by atoms with Gasteiger partial charge in [-0.3, -0.25) is 9.59 Å². The van der Waals surface area contributed by atoms with Crippen LogP contribution in [0.1, 0.15) is 13.3 Å². The number of fused-ring (bicyclic) bond motifs is 1. The SMILES string of the molecule is CCNCC(=O)N1CCN(c2ccc(-c3cc4ncn(C)c(=O)c4c(N4CCC(CO)C4)n3)cc2)CC1. The van der Waals surface area contributed by atoms with Gasteiger partial charge in [0.25, 0.3) is 5.56 Å². The number of carbonyl (C=O) groups is 1. The molecule has 4 heterocycles. The summed E-state index contributed by atoms with van der Waals surface area (Å²) in [5, 5.41) is 13.3. The lowest BCUT2D eigenvalue weighted by molar-refractivity contribution is -0.130. The number of carbonyl (C=O) groups excluding carboxylic acids is 1. The average molecular weight is 506 g/mol. The van der Waals surface area contributed by atoms with Gasteiger partial charge in [-0.25, -0.2) is 9.97 Å². The highest BCUT2D eigenvalue weighted by molar-refractivity contribution is 5.92. The standard InChI is InChI=1S/C27H35N7O3/c1-3-28-15-24(36)33-12-10-32(11-13-33)21-6-4-20(5-7-21)22-14-23-25(27(37)31(2)18-29-23)26(30-22)34-9-8-19(16-34)17-35/h4-7,14,18-19,28,35H,3,8-13,15-17H2,1-2H3. The lowest BCUT2D eigenvalue weighted by Crippen LogP contribution is -2.50. The Kier molecular flexibility index (Phi) is 7.38. The van der Waals surface area contributed by atoms with Crippen LogP contribution >= 0.6 is 0 Å². The number of nitrogens with one attached hydrogen (secondary N) is 1. The third-order valence-corrected chi connectivity index (χ3v) is 7.41. The van der Waals surface area contributed by atoms with Gasteiger partial charge in [0.05, 0.1) is 24.1 Å². The number of benzene rings is 1. The quantitative estimate of drug-likeness (QED) is 0.491. The number of hydrogen-bond donors (Lipinski definition) is 2. The van der Waals surface area contributed by atoms with Crippen LogP contribution in [-0.4, -0.2) is 89.4 Å². The van der Waals surface area contributed by atoms with E-state index in [1.807, 2.05) is 17.9 Å². The van der Waals surface area contributed by atoms with Gasteiger partial charge < -0.3 is 29.7 Å². The first kappa shape index (κ1) is 25.2. The fourth-order valence-electron chi connectivity index (χ4n) is 5.15. The van der Waals surface area contributed by atoms with Crippen LogP contribution in [0.15, 0.2) is 41.5 Å². The Morgan fingerprint density at radius 1 is 1.11 bits per heavy atom. The summed E-state index contributed by atoms with van der Waals surface area (Å²) in [6.45, 7) is 7.75. The number of rotatable bonds is 7. The number of hydrogen-bond acceptors (Lipinski definition) is 8. The summed E-state index contributed by atoms with van der Waals surface area (Å²) >= 11 is 0. The van der Waals surface area contributed by atoms with Crippen LogP contribution in [0.25, 0.3) is 22.2 Å². The van der Waals surface area contributed by atoms with Gasteiger partial charge in [-0.2, -0.15) is 0 Å². The molecule has 2 aliphatic heterocycles. The molecule has 1 amide bonds. The minimum absolute atomic E-state index is 0.120. The number of aliphatic hydroxyl groups is 1. The summed E-state index contributed by atoms with van der Waals surface area (Å²) in [5.74, 6) is 0.973. The zero-order valence-corrected chi connectivity index (χ0v) is 21.6. The highest BCUT2D eigenvalue weighted by Crippen LogP contribution is 2.31. The molecule has 2 N–H and O–H groups in total. The summed E-state index contributed by atoms with van der Waals surface area (Å²) < 4.78 is 1.48. The van der Waals surface area contributed by atoms with Crippen molar-refractivity contribution in [3.05, 3.63) is 47.0 Å². The maximum absolute atomic E-state index is 13.0. The molecule has 2 saturated heterocycles. The number of aromatic nitrogens is 3. The van der Waals surface area contributed by atoms with Crippen molar-refractivity contribution in [2.75, 3.05) is 68.8 Å². The van der Waals surface area contributed by atoms with Gasteiger partial charge in [0.1, 0.15) is 11.2 Å². The topological polar surface area (TPSA) is 107 Å². The number of piperazine rings is 1. The average Bonchev–Trinajstić information content (AvgIpc) is 3.43. The van der Waals surface area contributed by atoms with E-state index in [0.29, 0.717) is 42.9 Å². The fraction of sp³-hybridized carbons (Fsp3) is 0.481. The number of anilines is 2. The van der Waals surface area contributed by atoms with E-state index >= 15 is 0 Å². The van der Waals surface area contributed by atoms with Crippen LogP contribution in [0.5, 0.6) is 0 Å². The maximum atomic E-state index is 13.0. The molecule has 0 saturated carbocycles. The van der Waals surface area contributed by atoms with Crippen LogP contribution in [0.3, 0.4) is 0 Å². The first-order valence-electron chi connectivity index (χ1n) is 13.0. The number of aryl methyl sites for hydroxylation is 1. The number of aliphatic hydroxyl groups excluding tert-OH is 1. The second kappa shape index (κ2) is 10.9. The second-order valence-electron chi connectivity index (χ2n) is 9.86. The molecule has 10 nitrogen and oxygen atoms in total. The Morgan fingerprint density at radius 2 is 1.86 bits per heavy atom. The van der Waals surface area contributed by atoms with Gasteiger partial charge in [0, 0.05) is 70.1 Å². The number of likely N-dealkylation sites (N-methyl/N-ethyl adjacent to an activating group) is 1. The molecule has 1 aromatic carbocycles. The lowest BCUT2D eigenvalue weighted by atomic mass is 10.1. The Bertz CT molecular complexity index is 1320. The molecule has 196 valence electrons. The molecule has 37 heavy (non-hydrogen) atoms. The summed E-state index contributed by atoms with van der Waals surface area (Å²) in [7, 11) is 1.70. The first-order valence-corrected chi connectivity index (χ1v) is 13.0. The van der Waals surface area contributed by atoms with Crippen molar-refractivity contribution in [1.29, 1.82) is 0 Å². The molecular weight excluding hydrogens is 470 g/mol. The van der Waals surface area contributed by atoms with E-state index in [1.54, 1.807) is 13.4 Å². The van der Waals surface area contributed by atoms with Gasteiger partial charge in [0.2, 0.25) is 5.91 Å². The van der Waals surface area contributed by atoms with E-state index in [2.05, 4.69) is 44.4 Å². The summed E-state index contributed by atoms with van der Waals surface area (Å²) in [6.07, 6.45) is 2.41. The predicted molar refractivity (Wildman–Crippen MR) is 145 cm³/mol. The number of amides is 1. The first-order chi connectivity index (χ1) is 18.0. The van der Waals surface area contributed by atoms with E-state index in [-0.39, 0.29) is 24.0 Å². The van der Waals surface area contributed by atoms with Gasteiger partial charge in [-0.05, 0) is 31.2 Å². The minimum Gasteiger partial charge on any atom is -0.396 e. The summed E-state index contributed by atoms with van der Waals surface area (Å²) in [6, 6.07) is 10.2. The van der Waals surface area contributed by atoms with Gasteiger partial charge in [-0.1, -0.05) is 19.1 Å². The third kappa shape index (κ3) is 5.17. The van der Waals surface area contributed by atoms with Crippen molar-refractivity contribution in [3.8, 4) is 11.3 Å². The van der Waals surface area contributed by atoms with Crippen LogP contribution in [0.4, 0.5) is 11.5 Å². The van der Waals surface area contributed by atoms with E-state index in [9.17, 15) is 14.7 Å². The molecule has 1 atom stereocenters. The lowest BCUT2D eigenvalue weighted by Gasteiger charge is -2.36. The zero-order chi connectivity index (χ0) is 25.9. The van der Waals surface area contributed by atoms with E-state index in [1.165, 1.54) is 4.57 Å². The largest absolute Gasteiger partial charge is 0.396 e. The Hall–Kier alpha value is -3.50. The smallest absolute Gasteiger partial charge is 0.264 e. The van der Waals surface area contributed by atoms with E-state index in [0.717, 1.165) is 49.5 Å².